The number of hydrogen-bond donors (Lipinski definition) is 0. The van der Waals surface area contributed by atoms with Crippen LogP contribution in [0.25, 0.3) is 34.3 Å². The van der Waals surface area contributed by atoms with Crippen LogP contribution >= 0.6 is 0 Å². The van der Waals surface area contributed by atoms with Crippen LogP contribution in [0.1, 0.15) is 24.5 Å². The van der Waals surface area contributed by atoms with Crippen molar-refractivity contribution < 1.29 is 9.05 Å². The van der Waals surface area contributed by atoms with Gasteiger partial charge in [-0.1, -0.05) is 71.8 Å². The van der Waals surface area contributed by atoms with Crippen LogP contribution < -0.4 is 0 Å². The summed E-state index contributed by atoms with van der Waals surface area (Å²) in [6, 6.07) is 18.3. The first kappa shape index (κ1) is 17.8. The number of likely N-dealkylation sites (tertiary alicyclic amines) is 1. The summed E-state index contributed by atoms with van der Waals surface area (Å²) in [6.07, 6.45) is 2.06. The predicted molar refractivity (Wildman–Crippen MR) is 110 cm³/mol. The molecule has 1 saturated heterocycles. The summed E-state index contributed by atoms with van der Waals surface area (Å²) in [5, 5.41) is 8.39. The van der Waals surface area contributed by atoms with Gasteiger partial charge in [-0.05, 0) is 31.5 Å². The largest absolute Gasteiger partial charge is 0.355 e. The van der Waals surface area contributed by atoms with E-state index in [2.05, 4.69) is 39.3 Å². The van der Waals surface area contributed by atoms with Gasteiger partial charge in [-0.2, -0.15) is 4.98 Å². The van der Waals surface area contributed by atoms with Gasteiger partial charge in [-0.25, -0.2) is 0 Å². The Labute approximate surface area is 169 Å². The molecule has 2 aromatic heterocycles. The van der Waals surface area contributed by atoms with Crippen LogP contribution in [0.2, 0.25) is 0 Å². The molecule has 4 aromatic rings. The summed E-state index contributed by atoms with van der Waals surface area (Å²) in [7, 11) is 0. The van der Waals surface area contributed by atoms with E-state index >= 15 is 0 Å². The average molecular weight is 386 g/mol. The van der Waals surface area contributed by atoms with Crippen LogP contribution in [-0.4, -0.2) is 33.3 Å². The lowest BCUT2D eigenvalue weighted by Crippen LogP contribution is -2.36. The lowest BCUT2D eigenvalue weighted by Gasteiger charge is -2.30. The molecule has 0 radical (unpaired) electrons. The van der Waals surface area contributed by atoms with Gasteiger partial charge in [0, 0.05) is 23.2 Å². The normalized spacial score (nSPS) is 14.1. The molecular weight excluding hydrogens is 364 g/mol. The Bertz CT molecular complexity index is 1100. The molecule has 0 spiro atoms. The van der Waals surface area contributed by atoms with Crippen molar-refractivity contribution in [3.63, 3.8) is 0 Å². The summed E-state index contributed by atoms with van der Waals surface area (Å²) in [5.41, 5.74) is 4.79. The number of hydrogen-bond acceptors (Lipinski definition) is 6. The zero-order valence-corrected chi connectivity index (χ0v) is 16.3. The van der Waals surface area contributed by atoms with Crippen LogP contribution in [0, 0.1) is 0 Å². The molecule has 6 heteroatoms. The Morgan fingerprint density at radius 3 is 2.38 bits per heavy atom. The topological polar surface area (TPSA) is 68.2 Å². The van der Waals surface area contributed by atoms with E-state index in [0.29, 0.717) is 17.4 Å². The summed E-state index contributed by atoms with van der Waals surface area (Å²) in [6.45, 7) is 5.45. The molecule has 29 heavy (non-hydrogen) atoms. The van der Waals surface area contributed by atoms with Crippen molar-refractivity contribution in [1.82, 2.24) is 20.2 Å². The van der Waals surface area contributed by atoms with Gasteiger partial charge in [0.15, 0.2) is 11.5 Å². The monoisotopic (exact) mass is 386 g/mol. The van der Waals surface area contributed by atoms with Crippen molar-refractivity contribution in [2.75, 3.05) is 13.1 Å². The van der Waals surface area contributed by atoms with Gasteiger partial charge in [-0.3, -0.25) is 4.90 Å². The fourth-order valence-corrected chi connectivity index (χ4v) is 3.62. The zero-order chi connectivity index (χ0) is 19.6. The van der Waals surface area contributed by atoms with Gasteiger partial charge in [0.1, 0.15) is 0 Å². The highest BCUT2D eigenvalue weighted by atomic mass is 16.5. The highest BCUT2D eigenvalue weighted by molar-refractivity contribution is 5.69. The van der Waals surface area contributed by atoms with E-state index in [1.165, 1.54) is 25.1 Å². The fraction of sp³-hybridized carbons (Fsp3) is 0.261. The number of nitrogens with zero attached hydrogens (tertiary/aromatic N) is 4. The Hall–Kier alpha value is -3.25. The van der Waals surface area contributed by atoms with E-state index in [4.69, 9.17) is 9.05 Å². The van der Waals surface area contributed by atoms with Crippen molar-refractivity contribution in [2.24, 2.45) is 0 Å². The smallest absolute Gasteiger partial charge is 0.280 e. The minimum Gasteiger partial charge on any atom is -0.355 e. The highest BCUT2D eigenvalue weighted by Gasteiger charge is 2.22. The van der Waals surface area contributed by atoms with Gasteiger partial charge in [-0.15, -0.1) is 0 Å². The maximum absolute atomic E-state index is 5.63. The van der Waals surface area contributed by atoms with E-state index in [1.54, 1.807) is 0 Å². The quantitative estimate of drug-likeness (QED) is 0.473. The molecule has 1 aliphatic heterocycles. The Morgan fingerprint density at radius 2 is 1.69 bits per heavy atom. The van der Waals surface area contributed by atoms with Gasteiger partial charge in [0.05, 0.1) is 0 Å². The molecule has 0 aliphatic carbocycles. The maximum atomic E-state index is 5.63. The number of benzene rings is 2. The van der Waals surface area contributed by atoms with E-state index in [0.717, 1.165) is 35.4 Å². The molecule has 146 valence electrons. The van der Waals surface area contributed by atoms with E-state index < -0.39 is 0 Å². The molecule has 3 heterocycles. The number of aromatic nitrogens is 3. The molecule has 0 unspecified atom stereocenters. The lowest BCUT2D eigenvalue weighted by molar-refractivity contribution is 0.172. The van der Waals surface area contributed by atoms with Crippen molar-refractivity contribution in [3.05, 3.63) is 65.7 Å². The molecule has 0 saturated carbocycles. The molecular formula is C23H22N4O2. The van der Waals surface area contributed by atoms with Gasteiger partial charge in [0.25, 0.3) is 5.89 Å². The summed E-state index contributed by atoms with van der Waals surface area (Å²) >= 11 is 0. The molecule has 0 N–H and O–H groups in total. The molecule has 0 bridgehead atoms. The summed E-state index contributed by atoms with van der Waals surface area (Å²) < 4.78 is 11.2. The molecule has 1 fully saturated rings. The third-order valence-corrected chi connectivity index (χ3v) is 5.37. The Balaban J connectivity index is 1.41. The van der Waals surface area contributed by atoms with Crippen LogP contribution in [0.5, 0.6) is 0 Å². The first-order valence-corrected chi connectivity index (χ1v) is 10.0. The van der Waals surface area contributed by atoms with Crippen LogP contribution in [-0.2, 0) is 13.0 Å². The van der Waals surface area contributed by atoms with Crippen molar-refractivity contribution in [3.8, 4) is 34.3 Å². The van der Waals surface area contributed by atoms with Crippen molar-refractivity contribution in [2.45, 2.75) is 26.3 Å². The van der Waals surface area contributed by atoms with Crippen LogP contribution in [0.3, 0.4) is 0 Å². The van der Waals surface area contributed by atoms with E-state index in [-0.39, 0.29) is 0 Å². The SMILES string of the molecule is CCc1c(-c2nc(-c3ccc(CN4CCC4)cc3)no2)noc1-c1ccccc1. The van der Waals surface area contributed by atoms with E-state index in [1.807, 2.05) is 42.5 Å². The predicted octanol–water partition coefficient (Wildman–Crippen LogP) is 4.83. The van der Waals surface area contributed by atoms with E-state index in [9.17, 15) is 0 Å². The minimum atomic E-state index is 0.382. The fourth-order valence-electron chi connectivity index (χ4n) is 3.62. The average Bonchev–Trinajstić information content (AvgIpc) is 3.38. The third-order valence-electron chi connectivity index (χ3n) is 5.37. The van der Waals surface area contributed by atoms with Crippen molar-refractivity contribution in [1.29, 1.82) is 0 Å². The van der Waals surface area contributed by atoms with Crippen molar-refractivity contribution >= 4 is 0 Å². The first-order valence-electron chi connectivity index (χ1n) is 10.0. The maximum Gasteiger partial charge on any atom is 0.280 e. The molecule has 0 amide bonds. The Morgan fingerprint density at radius 1 is 0.897 bits per heavy atom. The van der Waals surface area contributed by atoms with Crippen LogP contribution in [0.4, 0.5) is 0 Å². The second kappa shape index (κ2) is 7.64. The lowest BCUT2D eigenvalue weighted by atomic mass is 10.0. The molecule has 1 aliphatic rings. The van der Waals surface area contributed by atoms with Gasteiger partial charge in [0.2, 0.25) is 5.82 Å². The second-order valence-electron chi connectivity index (χ2n) is 7.31. The molecule has 2 aromatic carbocycles. The van der Waals surface area contributed by atoms with Crippen LogP contribution in [0.15, 0.2) is 63.6 Å². The van der Waals surface area contributed by atoms with Gasteiger partial charge >= 0.3 is 0 Å². The minimum absolute atomic E-state index is 0.382. The summed E-state index contributed by atoms with van der Waals surface area (Å²) in [5.74, 6) is 1.69. The zero-order valence-electron chi connectivity index (χ0n) is 16.3. The highest BCUT2D eigenvalue weighted by Crippen LogP contribution is 2.32. The standard InChI is InChI=1S/C23H22N4O2/c1-2-19-20(25-28-21(19)17-7-4-3-5-8-17)23-24-22(26-29-23)18-11-9-16(10-12-18)15-27-13-6-14-27/h3-5,7-12H,2,6,13-15H2,1H3. The third kappa shape index (κ3) is 3.47. The summed E-state index contributed by atoms with van der Waals surface area (Å²) in [4.78, 5) is 7.01. The molecule has 6 nitrogen and oxygen atoms in total. The molecule has 5 rings (SSSR count). The Kier molecular flexibility index (Phi) is 4.69. The number of rotatable bonds is 6. The first-order chi connectivity index (χ1) is 14.3. The second-order valence-corrected chi connectivity index (χ2v) is 7.31. The molecule has 0 atom stereocenters. The van der Waals surface area contributed by atoms with Gasteiger partial charge < -0.3 is 9.05 Å².